The van der Waals surface area contributed by atoms with Crippen molar-refractivity contribution in [1.29, 1.82) is 5.26 Å². The molecule has 1 saturated carbocycles. The molecule has 12 heteroatoms. The van der Waals surface area contributed by atoms with E-state index in [0.717, 1.165) is 17.0 Å². The number of thiophene rings is 1. The Morgan fingerprint density at radius 1 is 1.40 bits per heavy atom. The van der Waals surface area contributed by atoms with Gasteiger partial charge in [-0.3, -0.25) is 9.69 Å². The normalized spacial score (nSPS) is 17.8. The van der Waals surface area contributed by atoms with Crippen molar-refractivity contribution in [1.82, 2.24) is 4.90 Å². The maximum Gasteiger partial charge on any atom is 0.248 e. The van der Waals surface area contributed by atoms with Crippen LogP contribution in [-0.4, -0.2) is 52.4 Å². The molecule has 1 aromatic heterocycles. The molecule has 1 amide bonds. The number of amides is 1. The van der Waals surface area contributed by atoms with Crippen molar-refractivity contribution in [2.45, 2.75) is 43.0 Å². The largest absolute Gasteiger partial charge is 0.495 e. The number of fused-ring (bicyclic) bond motifs is 1. The van der Waals surface area contributed by atoms with E-state index in [-0.39, 0.29) is 41.7 Å². The second-order valence-corrected chi connectivity index (χ2v) is 11.7. The number of halogens is 2. The minimum absolute atomic E-state index is 0.0305. The lowest BCUT2D eigenvalue weighted by Gasteiger charge is -2.39. The van der Waals surface area contributed by atoms with Crippen molar-refractivity contribution in [2.24, 2.45) is 11.1 Å². The Morgan fingerprint density at radius 2 is 2.11 bits per heavy atom. The van der Waals surface area contributed by atoms with E-state index in [2.05, 4.69) is 11.0 Å². The zero-order chi connectivity index (χ0) is 25.5. The van der Waals surface area contributed by atoms with Gasteiger partial charge in [-0.25, -0.2) is 22.3 Å². The summed E-state index contributed by atoms with van der Waals surface area (Å²) in [5.41, 5.74) is 1.84. The van der Waals surface area contributed by atoms with Crippen LogP contribution in [0.25, 0.3) is 0 Å². The molecule has 0 atom stereocenters. The summed E-state index contributed by atoms with van der Waals surface area (Å²) in [5, 5.41) is 15.6. The van der Waals surface area contributed by atoms with E-state index in [9.17, 15) is 27.3 Å². The highest BCUT2D eigenvalue weighted by Gasteiger charge is 2.45. The second-order valence-electron chi connectivity index (χ2n) is 9.07. The third-order valence-electron chi connectivity index (χ3n) is 6.48. The Morgan fingerprint density at radius 3 is 2.71 bits per heavy atom. The quantitative estimate of drug-likeness (QED) is 0.595. The fourth-order valence-corrected chi connectivity index (χ4v) is 6.59. The molecule has 2 N–H and O–H groups in total. The number of likely N-dealkylation sites (N-methyl/N-ethyl adjacent to an activating group) is 1. The summed E-state index contributed by atoms with van der Waals surface area (Å²) in [6, 6.07) is 6.49. The van der Waals surface area contributed by atoms with Crippen LogP contribution in [0.4, 0.5) is 13.8 Å². The summed E-state index contributed by atoms with van der Waals surface area (Å²) in [6.45, 7) is 1.81. The monoisotopic (exact) mass is 524 g/mol. The maximum atomic E-state index is 13.2. The maximum absolute atomic E-state index is 13.2. The lowest BCUT2D eigenvalue weighted by Crippen LogP contribution is -2.43. The summed E-state index contributed by atoms with van der Waals surface area (Å²) >= 11 is 1.40. The summed E-state index contributed by atoms with van der Waals surface area (Å²) < 4.78 is 54.9. The average Bonchev–Trinajstić information content (AvgIpc) is 3.14. The first-order chi connectivity index (χ1) is 16.4. The fraction of sp³-hybridized carbons (Fsp3) is 0.478. The van der Waals surface area contributed by atoms with Crippen LogP contribution in [0.1, 0.15) is 34.4 Å². The molecule has 0 saturated heterocycles. The average molecular weight is 525 g/mol. The molecule has 4 rings (SSSR count). The van der Waals surface area contributed by atoms with Gasteiger partial charge in [0.1, 0.15) is 21.7 Å². The highest BCUT2D eigenvalue weighted by atomic mass is 32.2. The highest BCUT2D eigenvalue weighted by Crippen LogP contribution is 2.44. The minimum atomic E-state index is -3.97. The number of benzene rings is 1. The van der Waals surface area contributed by atoms with E-state index in [1.165, 1.54) is 41.5 Å². The Kier molecular flexibility index (Phi) is 6.89. The lowest BCUT2D eigenvalue weighted by molar-refractivity contribution is -0.118. The molecule has 0 spiro atoms. The van der Waals surface area contributed by atoms with Crippen LogP contribution >= 0.6 is 11.3 Å². The Balaban J connectivity index is 1.49. The van der Waals surface area contributed by atoms with E-state index in [1.807, 2.05) is 0 Å². The van der Waals surface area contributed by atoms with Crippen LogP contribution in [0.5, 0.6) is 5.75 Å². The highest BCUT2D eigenvalue weighted by molar-refractivity contribution is 7.89. The number of primary sulfonamides is 1. The molecule has 2 aromatic rings. The first-order valence-corrected chi connectivity index (χ1v) is 13.4. The van der Waals surface area contributed by atoms with E-state index in [1.54, 1.807) is 7.05 Å². The SMILES string of the molecule is COc1cc(CC(=O)N(C)c2sc3c(c2C#N)CN(CC2CC(F)(F)C2)CC3)ccc1S(N)(=O)=O. The Hall–Kier alpha value is -2.59. The predicted molar refractivity (Wildman–Crippen MR) is 127 cm³/mol. The molecular weight excluding hydrogens is 498 g/mol. The van der Waals surface area contributed by atoms with Crippen molar-refractivity contribution >= 4 is 32.3 Å². The molecule has 0 bridgehead atoms. The molecular formula is C23H26F2N4O4S2. The van der Waals surface area contributed by atoms with Gasteiger partial charge in [0.25, 0.3) is 0 Å². The van der Waals surface area contributed by atoms with Crippen LogP contribution in [0.3, 0.4) is 0 Å². The standard InChI is InChI=1S/C23H26F2N4O4S2/c1-28(21(30)8-14-3-4-20(35(27,31)32)18(7-14)33-2)22-16(11-26)17-13-29(6-5-19(17)34-22)12-15-9-23(24,25)10-15/h3-4,7,15H,5-6,8-10,12-13H2,1-2H3,(H2,27,31,32). The van der Waals surface area contributed by atoms with E-state index >= 15 is 0 Å². The van der Waals surface area contributed by atoms with Crippen molar-refractivity contribution in [3.63, 3.8) is 0 Å². The number of nitrogens with two attached hydrogens (primary N) is 1. The number of ether oxygens (including phenoxy) is 1. The van der Waals surface area contributed by atoms with Gasteiger partial charge in [-0.15, -0.1) is 11.3 Å². The first-order valence-electron chi connectivity index (χ1n) is 11.0. The van der Waals surface area contributed by atoms with E-state index < -0.39 is 15.9 Å². The van der Waals surface area contributed by atoms with Crippen LogP contribution in [-0.2, 0) is 34.2 Å². The number of hydrogen-bond donors (Lipinski definition) is 1. The number of carbonyl (C=O) groups excluding carboxylic acids is 1. The van der Waals surface area contributed by atoms with E-state index in [0.29, 0.717) is 35.6 Å². The second kappa shape index (κ2) is 9.46. The first kappa shape index (κ1) is 25.5. The molecule has 1 aliphatic carbocycles. The molecule has 0 radical (unpaired) electrons. The number of carbonyl (C=O) groups is 1. The molecule has 2 aliphatic rings. The van der Waals surface area contributed by atoms with Gasteiger partial charge in [0.05, 0.1) is 19.1 Å². The number of nitrogens with zero attached hydrogens (tertiary/aromatic N) is 3. The van der Waals surface area contributed by atoms with Crippen molar-refractivity contribution < 1.29 is 26.7 Å². The predicted octanol–water partition coefficient (Wildman–Crippen LogP) is 2.88. The van der Waals surface area contributed by atoms with Crippen LogP contribution in [0, 0.1) is 17.2 Å². The molecule has 0 unspecified atom stereocenters. The minimum Gasteiger partial charge on any atom is -0.495 e. The number of alkyl halides is 2. The number of hydrogen-bond acceptors (Lipinski definition) is 7. The molecule has 1 aromatic carbocycles. The van der Waals surface area contributed by atoms with Gasteiger partial charge < -0.3 is 9.64 Å². The van der Waals surface area contributed by atoms with Gasteiger partial charge in [-0.2, -0.15) is 5.26 Å². The molecule has 188 valence electrons. The lowest BCUT2D eigenvalue weighted by atomic mass is 9.81. The van der Waals surface area contributed by atoms with Gasteiger partial charge >= 0.3 is 0 Å². The van der Waals surface area contributed by atoms with Crippen LogP contribution in [0.15, 0.2) is 23.1 Å². The Bertz CT molecular complexity index is 1300. The van der Waals surface area contributed by atoms with Crippen molar-refractivity contribution in [2.75, 3.05) is 32.1 Å². The summed E-state index contributed by atoms with van der Waals surface area (Å²) in [7, 11) is -1.05. The zero-order valence-electron chi connectivity index (χ0n) is 19.4. The van der Waals surface area contributed by atoms with Crippen molar-refractivity contribution in [3.05, 3.63) is 39.8 Å². The van der Waals surface area contributed by atoms with Crippen LogP contribution < -0.4 is 14.8 Å². The topological polar surface area (TPSA) is 117 Å². The number of nitriles is 1. The van der Waals surface area contributed by atoms with Gasteiger partial charge in [0, 0.05) is 50.0 Å². The number of sulfonamides is 1. The molecule has 1 aliphatic heterocycles. The van der Waals surface area contributed by atoms with Gasteiger partial charge in [0.2, 0.25) is 21.9 Å². The summed E-state index contributed by atoms with van der Waals surface area (Å²) in [4.78, 5) is 17.5. The smallest absolute Gasteiger partial charge is 0.248 e. The Labute approximate surface area is 206 Å². The number of methoxy groups -OCH3 is 1. The molecule has 1 fully saturated rings. The molecule has 2 heterocycles. The summed E-state index contributed by atoms with van der Waals surface area (Å²) in [5.74, 6) is -2.81. The third kappa shape index (κ3) is 5.33. The fourth-order valence-electron chi connectivity index (χ4n) is 4.68. The number of rotatable bonds is 7. The molecule has 8 nitrogen and oxygen atoms in total. The van der Waals surface area contributed by atoms with Crippen LogP contribution in [0.2, 0.25) is 0 Å². The third-order valence-corrected chi connectivity index (χ3v) is 8.80. The molecule has 35 heavy (non-hydrogen) atoms. The summed E-state index contributed by atoms with van der Waals surface area (Å²) in [6.07, 6.45) is 0.492. The zero-order valence-corrected chi connectivity index (χ0v) is 21.0. The van der Waals surface area contributed by atoms with Gasteiger partial charge in [0.15, 0.2) is 0 Å². The van der Waals surface area contributed by atoms with Gasteiger partial charge in [-0.05, 0) is 30.0 Å². The van der Waals surface area contributed by atoms with Gasteiger partial charge in [-0.1, -0.05) is 6.07 Å². The van der Waals surface area contributed by atoms with Crippen molar-refractivity contribution in [3.8, 4) is 11.8 Å². The number of anilines is 1. The van der Waals surface area contributed by atoms with E-state index in [4.69, 9.17) is 9.88 Å².